The zero-order valence-corrected chi connectivity index (χ0v) is 48.9. The monoisotopic (exact) mass is 1120 g/mol. The summed E-state index contributed by atoms with van der Waals surface area (Å²) in [7, 11) is 5.34. The number of likely N-dealkylation sites (N-methyl/N-ethyl adjacent to an activating group) is 1. The van der Waals surface area contributed by atoms with Crippen molar-refractivity contribution in [1.82, 2.24) is 30.3 Å². The predicted octanol–water partition coefficient (Wildman–Crippen LogP) is 6.13. The van der Waals surface area contributed by atoms with E-state index in [0.717, 1.165) is 16.2 Å². The van der Waals surface area contributed by atoms with Crippen LogP contribution in [0.25, 0.3) is 0 Å². The van der Waals surface area contributed by atoms with Crippen molar-refractivity contribution in [3.05, 3.63) is 52.0 Å². The highest BCUT2D eigenvalue weighted by atomic mass is 32.1. The van der Waals surface area contributed by atoms with Crippen LogP contribution in [-0.4, -0.2) is 147 Å². The summed E-state index contributed by atoms with van der Waals surface area (Å²) in [5, 5.41) is 30.8. The second kappa shape index (κ2) is 32.0. The van der Waals surface area contributed by atoms with Crippen LogP contribution in [0.1, 0.15) is 166 Å². The van der Waals surface area contributed by atoms with Gasteiger partial charge in [-0.3, -0.25) is 57.7 Å². The van der Waals surface area contributed by atoms with Gasteiger partial charge in [-0.2, -0.15) is 0 Å². The van der Waals surface area contributed by atoms with E-state index in [1.807, 2.05) is 60.5 Å². The molecule has 2 aromatic rings. The summed E-state index contributed by atoms with van der Waals surface area (Å²) in [5.41, 5.74) is 5.48. The van der Waals surface area contributed by atoms with Crippen LogP contribution in [0.5, 0.6) is 5.75 Å². The van der Waals surface area contributed by atoms with E-state index in [2.05, 4.69) is 20.9 Å². The minimum atomic E-state index is -1.09. The third kappa shape index (κ3) is 21.0. The Morgan fingerprint density at radius 2 is 1.52 bits per heavy atom. The van der Waals surface area contributed by atoms with Crippen molar-refractivity contribution in [3.8, 4) is 5.75 Å². The molecular formula is C57H86N8O13S. The van der Waals surface area contributed by atoms with E-state index in [4.69, 9.17) is 10.5 Å². The first-order valence-corrected chi connectivity index (χ1v) is 28.3. The molecule has 79 heavy (non-hydrogen) atoms. The molecule has 0 saturated heterocycles. The third-order valence-corrected chi connectivity index (χ3v) is 15.8. The van der Waals surface area contributed by atoms with Crippen molar-refractivity contribution in [1.29, 1.82) is 0 Å². The maximum atomic E-state index is 14.4. The molecule has 0 saturated carbocycles. The topological polar surface area (TPSA) is 305 Å². The van der Waals surface area contributed by atoms with Crippen LogP contribution in [0.3, 0.4) is 0 Å². The number of anilines is 1. The van der Waals surface area contributed by atoms with Gasteiger partial charge in [0.05, 0.1) is 23.2 Å². The number of nitrogens with one attached hydrogen (secondary N) is 3. The molecule has 21 nitrogen and oxygen atoms in total. The number of nitrogens with zero attached hydrogens (tertiary/aromatic N) is 4. The van der Waals surface area contributed by atoms with Crippen LogP contribution in [0.2, 0.25) is 0 Å². The number of Topliss-reactive ketones (excluding diaryl/α,β-unsaturated/α-hetero) is 2. The number of ketones is 2. The molecule has 1 aliphatic rings. The van der Waals surface area contributed by atoms with Gasteiger partial charge in [-0.1, -0.05) is 47.1 Å². The van der Waals surface area contributed by atoms with Crippen LogP contribution in [0.4, 0.5) is 5.69 Å². The molecule has 0 fully saturated rings. The fourth-order valence-corrected chi connectivity index (χ4v) is 9.98. The van der Waals surface area contributed by atoms with Crippen LogP contribution in [0.15, 0.2) is 35.7 Å². The summed E-state index contributed by atoms with van der Waals surface area (Å²) >= 11 is 1.09. The number of phenolic OH excluding ortho intramolecular Hbond substituents is 1. The molecule has 22 heteroatoms. The molecule has 438 valence electrons. The number of carboxylic acids is 1. The Morgan fingerprint density at radius 3 is 2.11 bits per heavy atom. The number of amides is 6. The van der Waals surface area contributed by atoms with E-state index < -0.39 is 77.2 Å². The molecule has 7 atom stereocenters. The number of carboxylic acid groups (broad SMARTS) is 1. The molecule has 0 radical (unpaired) electrons. The first-order chi connectivity index (χ1) is 37.1. The highest BCUT2D eigenvalue weighted by Crippen LogP contribution is 2.34. The lowest BCUT2D eigenvalue weighted by atomic mass is 9.81. The molecule has 6 amide bonds. The number of esters is 1. The van der Waals surface area contributed by atoms with E-state index >= 15 is 0 Å². The van der Waals surface area contributed by atoms with Gasteiger partial charge in [0.1, 0.15) is 16.5 Å². The SMILES string of the molecule is CC[C@H](C)[C@H](CC(=O)C(C)(C)N(C)C)C(=O)N(C)[C@H](C[C@@H](OC(C)=O)c1nc(C(=O)N[C@@H](Cc2ccc(O)c(NC(=O)CCCCC(=O)[C@H](CCCCN)NC(=O)CCCN3C(=O)C=CC3=O)c2)CC(C)C(=O)O)cs1)C(C)C. The van der Waals surface area contributed by atoms with E-state index in [0.29, 0.717) is 55.6 Å². The van der Waals surface area contributed by atoms with Gasteiger partial charge >= 0.3 is 11.9 Å². The number of benzene rings is 1. The highest BCUT2D eigenvalue weighted by molar-refractivity contribution is 7.09. The highest BCUT2D eigenvalue weighted by Gasteiger charge is 2.39. The summed E-state index contributed by atoms with van der Waals surface area (Å²) in [4.78, 5) is 138. The number of unbranched alkanes of at least 4 members (excludes halogenated alkanes) is 2. The second-order valence-electron chi connectivity index (χ2n) is 21.8. The molecule has 1 aromatic carbocycles. The number of ether oxygens (including phenoxy) is 1. The second-order valence-corrected chi connectivity index (χ2v) is 22.7. The summed E-state index contributed by atoms with van der Waals surface area (Å²) in [6.45, 7) is 14.8. The lowest BCUT2D eigenvalue weighted by molar-refractivity contribution is -0.150. The average Bonchev–Trinajstić information content (AvgIpc) is 4.03. The summed E-state index contributed by atoms with van der Waals surface area (Å²) in [6, 6.07) is 2.47. The maximum Gasteiger partial charge on any atom is 0.306 e. The zero-order valence-electron chi connectivity index (χ0n) is 48.1. The van der Waals surface area contributed by atoms with Crippen molar-refractivity contribution in [2.45, 2.75) is 175 Å². The minimum absolute atomic E-state index is 0.000283. The Labute approximate surface area is 469 Å². The third-order valence-electron chi connectivity index (χ3n) is 14.9. The lowest BCUT2D eigenvalue weighted by Gasteiger charge is -2.38. The van der Waals surface area contributed by atoms with Crippen LogP contribution >= 0.6 is 11.3 Å². The number of carbonyl (C=O) groups excluding carboxylic acids is 9. The average molecular weight is 1120 g/mol. The number of imide groups is 1. The number of hydrogen-bond donors (Lipinski definition) is 6. The van der Waals surface area contributed by atoms with Crippen molar-refractivity contribution >= 4 is 76.0 Å². The summed E-state index contributed by atoms with van der Waals surface area (Å²) in [5.74, 6) is -6.43. The number of phenols is 1. The number of nitrogens with two attached hydrogens (primary N) is 1. The van der Waals surface area contributed by atoms with Gasteiger partial charge in [-0.15, -0.1) is 11.3 Å². The van der Waals surface area contributed by atoms with Gasteiger partial charge in [-0.05, 0) is 115 Å². The smallest absolute Gasteiger partial charge is 0.306 e. The number of aliphatic carboxylic acids is 1. The van der Waals surface area contributed by atoms with Gasteiger partial charge in [0.2, 0.25) is 17.7 Å². The van der Waals surface area contributed by atoms with Crippen molar-refractivity contribution in [2.24, 2.45) is 29.4 Å². The number of hydrogen-bond acceptors (Lipinski definition) is 16. The normalized spacial score (nSPS) is 15.2. The molecule has 7 N–H and O–H groups in total. The van der Waals surface area contributed by atoms with Crippen LogP contribution in [0, 0.1) is 23.7 Å². The minimum Gasteiger partial charge on any atom is -0.506 e. The quantitative estimate of drug-likeness (QED) is 0.0194. The zero-order chi connectivity index (χ0) is 59.3. The Balaban J connectivity index is 1.70. The molecule has 1 aliphatic heterocycles. The van der Waals surface area contributed by atoms with Crippen LogP contribution in [-0.2, 0) is 54.3 Å². The molecule has 0 bridgehead atoms. The Kier molecular flexibility index (Phi) is 27.1. The maximum absolute atomic E-state index is 14.4. The molecule has 1 aromatic heterocycles. The van der Waals surface area contributed by atoms with Crippen molar-refractivity contribution < 1.29 is 62.9 Å². The largest absolute Gasteiger partial charge is 0.506 e. The van der Waals surface area contributed by atoms with E-state index in [-0.39, 0.29) is 110 Å². The fraction of sp³-hybridized carbons (Fsp3) is 0.632. The summed E-state index contributed by atoms with van der Waals surface area (Å²) < 4.78 is 5.81. The number of thiazole rings is 1. The van der Waals surface area contributed by atoms with Crippen molar-refractivity contribution in [2.75, 3.05) is 39.5 Å². The van der Waals surface area contributed by atoms with E-state index in [9.17, 15) is 58.2 Å². The molecular weight excluding hydrogens is 1040 g/mol. The Morgan fingerprint density at radius 1 is 0.873 bits per heavy atom. The number of carbonyl (C=O) groups is 10. The Hall–Kier alpha value is -6.39. The van der Waals surface area contributed by atoms with Gasteiger partial charge in [0.15, 0.2) is 17.7 Å². The number of aromatic hydroxyl groups is 1. The van der Waals surface area contributed by atoms with E-state index in [1.54, 1.807) is 18.0 Å². The molecule has 1 unspecified atom stereocenters. The number of aromatic nitrogens is 1. The summed E-state index contributed by atoms with van der Waals surface area (Å²) in [6.07, 6.45) is 4.94. The Bertz CT molecular complexity index is 2470. The predicted molar refractivity (Wildman–Crippen MR) is 299 cm³/mol. The van der Waals surface area contributed by atoms with Gasteiger partial charge in [-0.25, -0.2) is 4.98 Å². The van der Waals surface area contributed by atoms with Crippen molar-refractivity contribution in [3.63, 3.8) is 0 Å². The first-order valence-electron chi connectivity index (χ1n) is 27.4. The molecule has 0 aliphatic carbocycles. The first kappa shape index (κ1) is 66.9. The molecule has 0 spiro atoms. The lowest BCUT2D eigenvalue weighted by Crippen LogP contribution is -2.50. The van der Waals surface area contributed by atoms with Crippen LogP contribution < -0.4 is 21.7 Å². The van der Waals surface area contributed by atoms with Gasteiger partial charge < -0.3 is 41.5 Å². The number of rotatable bonds is 36. The van der Waals surface area contributed by atoms with Gasteiger partial charge in [0, 0.05) is 88.2 Å². The standard InChI is InChI=1S/C57H86N8O13S/c1-12-35(4)40(31-48(69)57(7,8)63(9)10)55(75)64(11)44(34(2)3)32-47(78-37(6)66)54-62-43(33-79-54)53(74)59-39(28-36(5)56(76)77)29-38-22-23-46(68)42(30-38)61-49(70)20-14-13-19-45(67)41(18-15-16-26-58)60-50(71)21-17-27-65-51(72)24-25-52(65)73/h22-25,30,33-36,39-41,44,47,68H,12-21,26-29,31-32,58H2,1-11H3,(H,59,74)(H,60,71)(H,61,70)(H,76,77)/t35-,36?,39+,40-,41-,44+,47+/m0/s1. The fourth-order valence-electron chi connectivity index (χ4n) is 9.15. The van der Waals surface area contributed by atoms with E-state index in [1.165, 1.54) is 43.5 Å². The molecule has 2 heterocycles. The van der Waals surface area contributed by atoms with Gasteiger partial charge in [0.25, 0.3) is 17.7 Å². The molecule has 3 rings (SSSR count).